The molecule has 134 valence electrons. The van der Waals surface area contributed by atoms with Gasteiger partial charge in [0.2, 0.25) is 20.8 Å². The molecular formula is C15H15F2N3O4S. The summed E-state index contributed by atoms with van der Waals surface area (Å²) in [7, 11) is -3.70. The van der Waals surface area contributed by atoms with E-state index in [0.29, 0.717) is 6.07 Å². The van der Waals surface area contributed by atoms with E-state index in [-0.39, 0.29) is 35.1 Å². The van der Waals surface area contributed by atoms with Crippen LogP contribution in [0.15, 0.2) is 23.5 Å². The Morgan fingerprint density at radius 3 is 2.40 bits per heavy atom. The molecular weight excluding hydrogens is 356 g/mol. The molecule has 2 N–H and O–H groups in total. The quantitative estimate of drug-likeness (QED) is 0.608. The number of carbonyl (C=O) groups is 1. The highest BCUT2D eigenvalue weighted by Gasteiger charge is 2.24. The second kappa shape index (κ2) is 7.09. The minimum atomic E-state index is -3.70. The Morgan fingerprint density at radius 1 is 1.20 bits per heavy atom. The molecule has 2 rings (SSSR count). The van der Waals surface area contributed by atoms with Crippen molar-refractivity contribution in [2.75, 3.05) is 18.1 Å². The number of nitrogens with two attached hydrogens (primary N) is 1. The van der Waals surface area contributed by atoms with Crippen LogP contribution in [-0.4, -0.2) is 36.5 Å². The first-order valence-corrected chi connectivity index (χ1v) is 8.88. The van der Waals surface area contributed by atoms with Crippen LogP contribution in [0.5, 0.6) is 5.75 Å². The van der Waals surface area contributed by atoms with E-state index in [0.717, 1.165) is 12.3 Å². The Balaban J connectivity index is 2.53. The summed E-state index contributed by atoms with van der Waals surface area (Å²) >= 11 is 0. The number of benzene rings is 1. The third kappa shape index (κ3) is 3.73. The van der Waals surface area contributed by atoms with Crippen molar-refractivity contribution in [3.63, 3.8) is 0 Å². The van der Waals surface area contributed by atoms with Crippen LogP contribution in [0.3, 0.4) is 0 Å². The molecule has 1 heterocycles. The fourth-order valence-electron chi connectivity index (χ4n) is 1.96. The van der Waals surface area contributed by atoms with Gasteiger partial charge >= 0.3 is 0 Å². The zero-order valence-electron chi connectivity index (χ0n) is 13.4. The van der Waals surface area contributed by atoms with E-state index in [1.165, 1.54) is 6.92 Å². The first-order chi connectivity index (χ1) is 11.7. The van der Waals surface area contributed by atoms with Gasteiger partial charge in [-0.05, 0) is 13.0 Å². The van der Waals surface area contributed by atoms with Gasteiger partial charge in [0.25, 0.3) is 0 Å². The summed E-state index contributed by atoms with van der Waals surface area (Å²) in [4.78, 5) is 19.8. The van der Waals surface area contributed by atoms with Crippen LogP contribution < -0.4 is 10.5 Å². The summed E-state index contributed by atoms with van der Waals surface area (Å²) < 4.78 is 55.5. The van der Waals surface area contributed by atoms with Crippen LogP contribution in [0.1, 0.15) is 29.8 Å². The molecule has 0 bridgehead atoms. The Hall–Kier alpha value is -2.62. The summed E-state index contributed by atoms with van der Waals surface area (Å²) in [5.41, 5.74) is 5.13. The largest absolute Gasteiger partial charge is 0.493 e. The molecule has 10 heteroatoms. The smallest absolute Gasteiger partial charge is 0.249 e. The molecule has 1 aromatic carbocycles. The number of aromatic nitrogens is 2. The molecule has 2 aromatic rings. The predicted molar refractivity (Wildman–Crippen MR) is 85.1 cm³/mol. The number of ether oxygens (including phenoxy) is 1. The van der Waals surface area contributed by atoms with E-state index >= 15 is 0 Å². The number of nitrogens with zero attached hydrogens (tertiary/aromatic N) is 2. The molecule has 0 amide bonds. The molecule has 0 spiro atoms. The summed E-state index contributed by atoms with van der Waals surface area (Å²) in [5, 5.41) is -0.514. The fourth-order valence-corrected chi connectivity index (χ4v) is 2.67. The number of carbonyl (C=O) groups excluding carboxylic acids is 1. The second-order valence-electron chi connectivity index (χ2n) is 4.88. The van der Waals surface area contributed by atoms with Crippen molar-refractivity contribution in [3.05, 3.63) is 41.1 Å². The van der Waals surface area contributed by atoms with E-state index in [4.69, 9.17) is 10.5 Å². The van der Waals surface area contributed by atoms with Gasteiger partial charge in [-0.2, -0.15) is 0 Å². The van der Waals surface area contributed by atoms with Crippen molar-refractivity contribution in [2.24, 2.45) is 0 Å². The SMILES string of the molecule is CCOc1cc(F)c(F)cc1C(=O)c1cnc(S(=O)(=O)CC)nc1N. The number of anilines is 1. The number of ketones is 1. The highest BCUT2D eigenvalue weighted by molar-refractivity contribution is 7.91. The van der Waals surface area contributed by atoms with Gasteiger partial charge in [0.05, 0.1) is 23.5 Å². The highest BCUT2D eigenvalue weighted by Crippen LogP contribution is 2.26. The molecule has 0 saturated heterocycles. The lowest BCUT2D eigenvalue weighted by molar-refractivity contribution is 0.103. The number of halogens is 2. The van der Waals surface area contributed by atoms with Crippen LogP contribution in [0.2, 0.25) is 0 Å². The molecule has 7 nitrogen and oxygen atoms in total. The lowest BCUT2D eigenvalue weighted by atomic mass is 10.0. The van der Waals surface area contributed by atoms with Crippen LogP contribution in [0, 0.1) is 11.6 Å². The van der Waals surface area contributed by atoms with Crippen molar-refractivity contribution in [3.8, 4) is 5.75 Å². The summed E-state index contributed by atoms with van der Waals surface area (Å²) in [6.07, 6.45) is 0.935. The third-order valence-corrected chi connectivity index (χ3v) is 4.78. The topological polar surface area (TPSA) is 112 Å². The average Bonchev–Trinajstić information content (AvgIpc) is 2.57. The van der Waals surface area contributed by atoms with E-state index in [1.807, 2.05) is 0 Å². The number of sulfone groups is 1. The lowest BCUT2D eigenvalue weighted by Crippen LogP contribution is -2.15. The van der Waals surface area contributed by atoms with Gasteiger partial charge in [0.15, 0.2) is 11.6 Å². The van der Waals surface area contributed by atoms with E-state index in [2.05, 4.69) is 9.97 Å². The van der Waals surface area contributed by atoms with Crippen LogP contribution in [0.25, 0.3) is 0 Å². The van der Waals surface area contributed by atoms with Gasteiger partial charge in [-0.25, -0.2) is 27.2 Å². The van der Waals surface area contributed by atoms with Gasteiger partial charge in [-0.1, -0.05) is 6.92 Å². The maximum absolute atomic E-state index is 13.5. The molecule has 25 heavy (non-hydrogen) atoms. The molecule has 1 aromatic heterocycles. The molecule has 0 radical (unpaired) electrons. The van der Waals surface area contributed by atoms with Crippen LogP contribution in [-0.2, 0) is 9.84 Å². The minimum Gasteiger partial charge on any atom is -0.493 e. The van der Waals surface area contributed by atoms with Crippen molar-refractivity contribution < 1.29 is 26.7 Å². The fraction of sp³-hybridized carbons (Fsp3) is 0.267. The van der Waals surface area contributed by atoms with E-state index in [1.54, 1.807) is 6.92 Å². The zero-order valence-corrected chi connectivity index (χ0v) is 14.2. The van der Waals surface area contributed by atoms with Crippen LogP contribution >= 0.6 is 0 Å². The number of hydrogen-bond donors (Lipinski definition) is 1. The van der Waals surface area contributed by atoms with Gasteiger partial charge in [0, 0.05) is 12.3 Å². The Kier molecular flexibility index (Phi) is 5.31. The Bertz CT molecular complexity index is 933. The summed E-state index contributed by atoms with van der Waals surface area (Å²) in [6.45, 7) is 3.13. The monoisotopic (exact) mass is 371 g/mol. The van der Waals surface area contributed by atoms with Crippen molar-refractivity contribution in [2.45, 2.75) is 19.0 Å². The number of rotatable bonds is 6. The molecule has 0 saturated carbocycles. The minimum absolute atomic E-state index is 0.116. The van der Waals surface area contributed by atoms with Gasteiger partial charge < -0.3 is 10.5 Å². The van der Waals surface area contributed by atoms with Gasteiger partial charge in [-0.3, -0.25) is 4.79 Å². The van der Waals surface area contributed by atoms with Gasteiger partial charge in [0.1, 0.15) is 11.6 Å². The molecule has 0 aliphatic heterocycles. The molecule has 0 unspecified atom stereocenters. The molecule has 0 aliphatic carbocycles. The second-order valence-corrected chi connectivity index (χ2v) is 7.05. The highest BCUT2D eigenvalue weighted by atomic mass is 32.2. The molecule has 0 aliphatic rings. The average molecular weight is 371 g/mol. The standard InChI is InChI=1S/C15H15F2N3O4S/c1-3-24-12-6-11(17)10(16)5-8(12)13(21)9-7-19-15(20-14(9)18)25(22,23)4-2/h5-7H,3-4H2,1-2H3,(H2,18,19,20). The summed E-state index contributed by atoms with van der Waals surface area (Å²) in [5.74, 6) is -4.03. The zero-order chi connectivity index (χ0) is 18.8. The van der Waals surface area contributed by atoms with E-state index < -0.39 is 32.4 Å². The van der Waals surface area contributed by atoms with Crippen molar-refractivity contribution in [1.82, 2.24) is 9.97 Å². The number of hydrogen-bond acceptors (Lipinski definition) is 7. The molecule has 0 atom stereocenters. The Labute approximate surface area is 142 Å². The predicted octanol–water partition coefficient (Wildman–Crippen LogP) is 1.76. The maximum Gasteiger partial charge on any atom is 0.249 e. The van der Waals surface area contributed by atoms with Crippen molar-refractivity contribution in [1.29, 1.82) is 0 Å². The molecule has 0 fully saturated rings. The van der Waals surface area contributed by atoms with Crippen LogP contribution in [0.4, 0.5) is 14.6 Å². The first-order valence-electron chi connectivity index (χ1n) is 7.23. The van der Waals surface area contributed by atoms with Gasteiger partial charge in [-0.15, -0.1) is 0 Å². The first kappa shape index (κ1) is 18.7. The lowest BCUT2D eigenvalue weighted by Gasteiger charge is -2.11. The summed E-state index contributed by atoms with van der Waals surface area (Å²) in [6, 6.07) is 1.43. The normalized spacial score (nSPS) is 11.4. The maximum atomic E-state index is 13.5. The third-order valence-electron chi connectivity index (χ3n) is 3.27. The number of nitrogen functional groups attached to an aromatic ring is 1. The Morgan fingerprint density at radius 2 is 1.84 bits per heavy atom. The van der Waals surface area contributed by atoms with Crippen molar-refractivity contribution >= 4 is 21.4 Å². The van der Waals surface area contributed by atoms with E-state index in [9.17, 15) is 22.0 Å².